The van der Waals surface area contributed by atoms with Gasteiger partial charge in [0.25, 0.3) is 0 Å². The summed E-state index contributed by atoms with van der Waals surface area (Å²) in [5, 5.41) is 13.6. The van der Waals surface area contributed by atoms with Crippen LogP contribution in [0.15, 0.2) is 12.2 Å². The molecule has 0 heterocycles. The van der Waals surface area contributed by atoms with Gasteiger partial charge in [-0.1, -0.05) is 109 Å². The molecule has 9 heteroatoms. The quantitative estimate of drug-likeness (QED) is 0.0425. The second kappa shape index (κ2) is 23.9. The second-order valence-electron chi connectivity index (χ2n) is 11.8. The summed E-state index contributed by atoms with van der Waals surface area (Å²) in [6.45, 7) is 4.71. The van der Waals surface area contributed by atoms with Crippen LogP contribution in [0.3, 0.4) is 0 Å². The molecule has 3 atom stereocenters. The molecule has 232 valence electrons. The third kappa shape index (κ3) is 25.9. The summed E-state index contributed by atoms with van der Waals surface area (Å²) in [7, 11) is 1.57. The van der Waals surface area contributed by atoms with E-state index in [2.05, 4.69) is 19.2 Å². The summed E-state index contributed by atoms with van der Waals surface area (Å²) in [4.78, 5) is 22.7. The van der Waals surface area contributed by atoms with Crippen molar-refractivity contribution in [2.75, 3.05) is 40.9 Å². The topological polar surface area (TPSA) is 105 Å². The Kier molecular flexibility index (Phi) is 23.4. The maximum atomic E-state index is 12.6. The van der Waals surface area contributed by atoms with Crippen LogP contribution in [0.4, 0.5) is 0 Å². The number of nitrogens with zero attached hydrogens (tertiary/aromatic N) is 1. The monoisotopic (exact) mass is 577 g/mol. The van der Waals surface area contributed by atoms with E-state index in [1.807, 2.05) is 27.2 Å². The lowest BCUT2D eigenvalue weighted by molar-refractivity contribution is -0.870. The van der Waals surface area contributed by atoms with Crippen molar-refractivity contribution >= 4 is 13.7 Å². The molecule has 0 bridgehead atoms. The average Bonchev–Trinajstić information content (AvgIpc) is 2.86. The molecule has 0 aromatic heterocycles. The van der Waals surface area contributed by atoms with Crippen molar-refractivity contribution in [3.8, 4) is 0 Å². The Morgan fingerprint density at radius 3 is 1.90 bits per heavy atom. The minimum Gasteiger partial charge on any atom is -0.387 e. The van der Waals surface area contributed by atoms with Crippen molar-refractivity contribution in [2.45, 2.75) is 135 Å². The second-order valence-corrected chi connectivity index (χ2v) is 13.3. The summed E-state index contributed by atoms with van der Waals surface area (Å²) < 4.78 is 23.2. The number of aliphatic hydroxyl groups excluding tert-OH is 1. The summed E-state index contributed by atoms with van der Waals surface area (Å²) in [5.74, 6) is -0.187. The highest BCUT2D eigenvalue weighted by atomic mass is 31.2. The van der Waals surface area contributed by atoms with E-state index < -0.39 is 20.0 Å². The average molecular weight is 578 g/mol. The summed E-state index contributed by atoms with van der Waals surface area (Å²) in [5.41, 5.74) is 0. The number of rotatable bonds is 27. The number of hydrogen-bond donors (Lipinski definition) is 3. The SMILES string of the molecule is CCCCCCCCC/C=C/[C@@H](O)[C@H](COP(=O)(O)OCC[N+](C)(C)C)NC(=O)CCCCCCCCCC. The largest absolute Gasteiger partial charge is 0.472 e. The number of nitrogens with one attached hydrogen (secondary N) is 1. The fourth-order valence-corrected chi connectivity index (χ4v) is 4.89. The number of quaternary nitrogens is 1. The lowest BCUT2D eigenvalue weighted by Crippen LogP contribution is -2.45. The highest BCUT2D eigenvalue weighted by Gasteiger charge is 2.27. The van der Waals surface area contributed by atoms with Crippen molar-refractivity contribution in [2.24, 2.45) is 0 Å². The molecule has 0 aromatic carbocycles. The van der Waals surface area contributed by atoms with Gasteiger partial charge in [-0.15, -0.1) is 0 Å². The van der Waals surface area contributed by atoms with Gasteiger partial charge < -0.3 is 19.8 Å². The van der Waals surface area contributed by atoms with Crippen LogP contribution in [0.25, 0.3) is 0 Å². The lowest BCUT2D eigenvalue weighted by Gasteiger charge is -2.25. The predicted molar refractivity (Wildman–Crippen MR) is 162 cm³/mol. The van der Waals surface area contributed by atoms with Crippen LogP contribution in [-0.4, -0.2) is 73.4 Å². The van der Waals surface area contributed by atoms with Crippen molar-refractivity contribution < 1.29 is 32.9 Å². The molecule has 39 heavy (non-hydrogen) atoms. The Hall–Kier alpha value is -0.760. The zero-order valence-electron chi connectivity index (χ0n) is 25.9. The first-order valence-electron chi connectivity index (χ1n) is 15.6. The maximum Gasteiger partial charge on any atom is 0.472 e. The fraction of sp³-hybridized carbons (Fsp3) is 0.900. The maximum absolute atomic E-state index is 12.6. The van der Waals surface area contributed by atoms with Gasteiger partial charge in [-0.2, -0.15) is 0 Å². The van der Waals surface area contributed by atoms with Crippen LogP contribution in [0, 0.1) is 0 Å². The van der Waals surface area contributed by atoms with Gasteiger partial charge in [0.1, 0.15) is 13.2 Å². The van der Waals surface area contributed by atoms with Crippen molar-refractivity contribution in [3.05, 3.63) is 12.2 Å². The summed E-state index contributed by atoms with van der Waals surface area (Å²) >= 11 is 0. The van der Waals surface area contributed by atoms with Crippen LogP contribution < -0.4 is 5.32 Å². The minimum absolute atomic E-state index is 0.0631. The zero-order valence-corrected chi connectivity index (χ0v) is 26.8. The Labute approximate surface area is 240 Å². The van der Waals surface area contributed by atoms with Crippen molar-refractivity contribution in [3.63, 3.8) is 0 Å². The van der Waals surface area contributed by atoms with Gasteiger partial charge in [-0.25, -0.2) is 4.57 Å². The number of aliphatic hydroxyl groups is 1. The normalized spacial score (nSPS) is 15.4. The van der Waals surface area contributed by atoms with E-state index in [4.69, 9.17) is 9.05 Å². The number of carbonyl (C=O) groups excluding carboxylic acids is 1. The van der Waals surface area contributed by atoms with Gasteiger partial charge in [0.15, 0.2) is 0 Å². The van der Waals surface area contributed by atoms with E-state index in [9.17, 15) is 19.4 Å². The first kappa shape index (κ1) is 38.2. The number of phosphoric acid groups is 1. The molecule has 0 saturated carbocycles. The molecule has 0 radical (unpaired) electrons. The van der Waals surface area contributed by atoms with E-state index in [-0.39, 0.29) is 19.1 Å². The fourth-order valence-electron chi connectivity index (χ4n) is 4.15. The molecule has 0 aliphatic carbocycles. The predicted octanol–water partition coefficient (Wildman–Crippen LogP) is 6.90. The van der Waals surface area contributed by atoms with Gasteiger partial charge in [-0.05, 0) is 19.3 Å². The summed E-state index contributed by atoms with van der Waals surface area (Å²) in [6.07, 6.45) is 21.4. The number of phosphoric ester groups is 1. The van der Waals surface area contributed by atoms with Crippen LogP contribution in [-0.2, 0) is 18.4 Å². The first-order valence-corrected chi connectivity index (χ1v) is 17.1. The Morgan fingerprint density at radius 2 is 1.36 bits per heavy atom. The van der Waals surface area contributed by atoms with E-state index in [0.29, 0.717) is 17.4 Å². The molecule has 0 aliphatic rings. The van der Waals surface area contributed by atoms with Gasteiger partial charge in [0, 0.05) is 6.42 Å². The van der Waals surface area contributed by atoms with Gasteiger partial charge in [-0.3, -0.25) is 13.8 Å². The number of carbonyl (C=O) groups is 1. The molecule has 1 unspecified atom stereocenters. The molecule has 8 nitrogen and oxygen atoms in total. The Balaban J connectivity index is 4.69. The molecule has 0 saturated heterocycles. The van der Waals surface area contributed by atoms with E-state index in [0.717, 1.165) is 38.5 Å². The van der Waals surface area contributed by atoms with E-state index >= 15 is 0 Å². The Morgan fingerprint density at radius 1 is 0.846 bits per heavy atom. The van der Waals surface area contributed by atoms with Gasteiger partial charge in [0.05, 0.1) is 39.9 Å². The number of unbranched alkanes of at least 4 members (excludes halogenated alkanes) is 14. The van der Waals surface area contributed by atoms with Crippen molar-refractivity contribution in [1.82, 2.24) is 5.32 Å². The third-order valence-electron chi connectivity index (χ3n) is 6.76. The van der Waals surface area contributed by atoms with Gasteiger partial charge >= 0.3 is 7.82 Å². The van der Waals surface area contributed by atoms with E-state index in [1.165, 1.54) is 64.2 Å². The van der Waals surface area contributed by atoms with E-state index in [1.54, 1.807) is 6.08 Å². The smallest absolute Gasteiger partial charge is 0.387 e. The number of allylic oxidation sites excluding steroid dienone is 1. The molecular formula is C30H62N2O6P+. The number of amides is 1. The number of hydrogen-bond acceptors (Lipinski definition) is 5. The van der Waals surface area contributed by atoms with Crippen molar-refractivity contribution in [1.29, 1.82) is 0 Å². The third-order valence-corrected chi connectivity index (χ3v) is 7.74. The van der Waals surface area contributed by atoms with Crippen LogP contribution in [0.1, 0.15) is 123 Å². The first-order chi connectivity index (χ1) is 18.5. The lowest BCUT2D eigenvalue weighted by atomic mass is 10.1. The van der Waals surface area contributed by atoms with Crippen LogP contribution in [0.2, 0.25) is 0 Å². The Bertz CT molecular complexity index is 668. The summed E-state index contributed by atoms with van der Waals surface area (Å²) in [6, 6.07) is -0.834. The molecular weight excluding hydrogens is 515 g/mol. The highest BCUT2D eigenvalue weighted by molar-refractivity contribution is 7.47. The molecule has 0 aliphatic heterocycles. The highest BCUT2D eigenvalue weighted by Crippen LogP contribution is 2.43. The zero-order chi connectivity index (χ0) is 29.4. The van der Waals surface area contributed by atoms with Crippen LogP contribution >= 0.6 is 7.82 Å². The van der Waals surface area contributed by atoms with Gasteiger partial charge in [0.2, 0.25) is 5.91 Å². The number of likely N-dealkylation sites (N-methyl/N-ethyl adjacent to an activating group) is 1. The molecule has 3 N–H and O–H groups in total. The molecule has 1 amide bonds. The molecule has 0 spiro atoms. The molecule has 0 aromatic rings. The standard InChI is InChI=1S/C30H61N2O6P/c1-6-8-10-12-14-16-17-19-21-23-29(33)28(27-38-39(35,36)37-26-25-32(3,4)5)31-30(34)24-22-20-18-15-13-11-9-7-2/h21,23,28-29,33H,6-20,22,24-27H2,1-5H3,(H-,31,34,35,36)/p+1/b23-21+/t28-,29+/m0/s1. The minimum atomic E-state index is -4.31. The molecule has 0 rings (SSSR count). The molecule has 0 fully saturated rings. The van der Waals surface area contributed by atoms with Crippen LogP contribution in [0.5, 0.6) is 0 Å².